The van der Waals surface area contributed by atoms with Crippen LogP contribution in [0.15, 0.2) is 41.0 Å². The molecule has 2 heterocycles. The number of nitrogens with zero attached hydrogens (tertiary/aromatic N) is 1. The molecular weight excluding hydrogens is 260 g/mol. The molecule has 3 heteroatoms. The second kappa shape index (κ2) is 6.46. The zero-order chi connectivity index (χ0) is 14.7. The van der Waals surface area contributed by atoms with Gasteiger partial charge in [-0.05, 0) is 23.6 Å². The molecule has 0 radical (unpaired) electrons. The van der Waals surface area contributed by atoms with E-state index in [1.54, 1.807) is 0 Å². The summed E-state index contributed by atoms with van der Waals surface area (Å²) >= 11 is 0. The summed E-state index contributed by atoms with van der Waals surface area (Å²) in [6.07, 6.45) is 2.96. The lowest BCUT2D eigenvalue weighted by Gasteiger charge is -2.28. The van der Waals surface area contributed by atoms with Gasteiger partial charge >= 0.3 is 0 Å². The molecule has 2 aromatic rings. The van der Waals surface area contributed by atoms with E-state index in [2.05, 4.69) is 54.4 Å². The number of benzene rings is 1. The standard InChI is InChI=1S/C18H24N2O/c1-14(2)19-11-18-17(8-10-21-18)13-20-9-7-15-5-3-4-6-16(15)12-20/h3-6,8,10,14,19H,7,9,11-13H2,1-2H3. The lowest BCUT2D eigenvalue weighted by atomic mass is 9.99. The first kappa shape index (κ1) is 14.4. The van der Waals surface area contributed by atoms with Crippen molar-refractivity contribution in [2.75, 3.05) is 6.54 Å². The molecule has 0 unspecified atom stereocenters. The van der Waals surface area contributed by atoms with E-state index in [4.69, 9.17) is 4.42 Å². The van der Waals surface area contributed by atoms with Crippen LogP contribution in [-0.2, 0) is 26.1 Å². The van der Waals surface area contributed by atoms with Gasteiger partial charge in [0.05, 0.1) is 12.8 Å². The molecule has 0 bridgehead atoms. The zero-order valence-electron chi connectivity index (χ0n) is 12.9. The minimum Gasteiger partial charge on any atom is -0.468 e. The molecule has 21 heavy (non-hydrogen) atoms. The van der Waals surface area contributed by atoms with Crippen LogP contribution in [0.4, 0.5) is 0 Å². The lowest BCUT2D eigenvalue weighted by molar-refractivity contribution is 0.243. The molecule has 0 amide bonds. The number of hydrogen-bond donors (Lipinski definition) is 1. The predicted octanol–water partition coefficient (Wildman–Crippen LogP) is 3.34. The van der Waals surface area contributed by atoms with E-state index >= 15 is 0 Å². The molecule has 0 fully saturated rings. The molecule has 0 spiro atoms. The monoisotopic (exact) mass is 284 g/mol. The quantitative estimate of drug-likeness (QED) is 0.913. The average Bonchev–Trinajstić information content (AvgIpc) is 2.92. The van der Waals surface area contributed by atoms with Crippen molar-refractivity contribution >= 4 is 0 Å². The van der Waals surface area contributed by atoms with E-state index < -0.39 is 0 Å². The van der Waals surface area contributed by atoms with Gasteiger partial charge in [-0.25, -0.2) is 0 Å². The second-order valence-corrected chi connectivity index (χ2v) is 6.13. The molecule has 1 aliphatic rings. The van der Waals surface area contributed by atoms with Gasteiger partial charge < -0.3 is 9.73 Å². The van der Waals surface area contributed by atoms with Crippen molar-refractivity contribution in [3.8, 4) is 0 Å². The van der Waals surface area contributed by atoms with E-state index in [1.807, 2.05) is 6.26 Å². The maximum atomic E-state index is 5.64. The summed E-state index contributed by atoms with van der Waals surface area (Å²) in [5.74, 6) is 1.07. The first-order chi connectivity index (χ1) is 10.2. The van der Waals surface area contributed by atoms with Crippen molar-refractivity contribution in [2.45, 2.75) is 45.9 Å². The third-order valence-corrected chi connectivity index (χ3v) is 4.11. The second-order valence-electron chi connectivity index (χ2n) is 6.13. The average molecular weight is 284 g/mol. The van der Waals surface area contributed by atoms with Gasteiger partial charge in [-0.15, -0.1) is 0 Å². The normalized spacial score (nSPS) is 15.4. The first-order valence-electron chi connectivity index (χ1n) is 7.80. The summed E-state index contributed by atoms with van der Waals surface area (Å²) in [4.78, 5) is 2.51. The highest BCUT2D eigenvalue weighted by Gasteiger charge is 2.17. The van der Waals surface area contributed by atoms with Gasteiger partial charge in [-0.1, -0.05) is 38.1 Å². The summed E-state index contributed by atoms with van der Waals surface area (Å²) in [6, 6.07) is 11.4. The summed E-state index contributed by atoms with van der Waals surface area (Å²) in [5, 5.41) is 3.43. The lowest BCUT2D eigenvalue weighted by Crippen LogP contribution is -2.30. The van der Waals surface area contributed by atoms with Crippen LogP contribution >= 0.6 is 0 Å². The molecule has 112 valence electrons. The summed E-state index contributed by atoms with van der Waals surface area (Å²) < 4.78 is 5.64. The molecule has 1 aromatic carbocycles. The van der Waals surface area contributed by atoms with Gasteiger partial charge in [-0.3, -0.25) is 4.90 Å². The van der Waals surface area contributed by atoms with Crippen molar-refractivity contribution < 1.29 is 4.42 Å². The fourth-order valence-corrected chi connectivity index (χ4v) is 2.89. The summed E-state index contributed by atoms with van der Waals surface area (Å²) in [6.45, 7) is 8.26. The van der Waals surface area contributed by atoms with Crippen LogP contribution in [0.1, 0.15) is 36.3 Å². The Hall–Kier alpha value is -1.58. The molecule has 1 aromatic heterocycles. The summed E-state index contributed by atoms with van der Waals surface area (Å²) in [5.41, 5.74) is 4.28. The number of hydrogen-bond acceptors (Lipinski definition) is 3. The van der Waals surface area contributed by atoms with Crippen LogP contribution < -0.4 is 5.32 Å². The Labute approximate surface area is 127 Å². The van der Waals surface area contributed by atoms with E-state index in [0.29, 0.717) is 6.04 Å². The molecular formula is C18H24N2O. The number of furan rings is 1. The van der Waals surface area contributed by atoms with Crippen molar-refractivity contribution in [1.82, 2.24) is 10.2 Å². The van der Waals surface area contributed by atoms with Gasteiger partial charge in [0.25, 0.3) is 0 Å². The van der Waals surface area contributed by atoms with Crippen molar-refractivity contribution in [3.63, 3.8) is 0 Å². The van der Waals surface area contributed by atoms with E-state index in [0.717, 1.165) is 38.4 Å². The molecule has 3 nitrogen and oxygen atoms in total. The highest BCUT2D eigenvalue weighted by molar-refractivity contribution is 5.29. The predicted molar refractivity (Wildman–Crippen MR) is 84.9 cm³/mol. The Morgan fingerprint density at radius 1 is 1.19 bits per heavy atom. The highest BCUT2D eigenvalue weighted by atomic mass is 16.3. The van der Waals surface area contributed by atoms with Crippen molar-refractivity contribution in [3.05, 3.63) is 59.0 Å². The van der Waals surface area contributed by atoms with Gasteiger partial charge in [0.2, 0.25) is 0 Å². The topological polar surface area (TPSA) is 28.4 Å². The fourth-order valence-electron chi connectivity index (χ4n) is 2.89. The Kier molecular flexibility index (Phi) is 4.42. The highest BCUT2D eigenvalue weighted by Crippen LogP contribution is 2.21. The molecule has 3 rings (SSSR count). The Balaban J connectivity index is 1.64. The van der Waals surface area contributed by atoms with Crippen LogP contribution in [0.3, 0.4) is 0 Å². The molecule has 0 saturated heterocycles. The smallest absolute Gasteiger partial charge is 0.122 e. The first-order valence-corrected chi connectivity index (χ1v) is 7.80. The van der Waals surface area contributed by atoms with E-state index in [9.17, 15) is 0 Å². The maximum absolute atomic E-state index is 5.64. The molecule has 1 aliphatic heterocycles. The van der Waals surface area contributed by atoms with E-state index in [1.165, 1.54) is 16.7 Å². The Morgan fingerprint density at radius 3 is 2.81 bits per heavy atom. The fraction of sp³-hybridized carbons (Fsp3) is 0.444. The number of rotatable bonds is 5. The Bertz CT molecular complexity index is 588. The third kappa shape index (κ3) is 3.55. The summed E-state index contributed by atoms with van der Waals surface area (Å²) in [7, 11) is 0. The number of fused-ring (bicyclic) bond motifs is 1. The van der Waals surface area contributed by atoms with Gasteiger partial charge in [-0.2, -0.15) is 0 Å². The molecule has 0 aliphatic carbocycles. The minimum absolute atomic E-state index is 0.477. The number of nitrogens with one attached hydrogen (secondary N) is 1. The molecule has 0 saturated carbocycles. The maximum Gasteiger partial charge on any atom is 0.122 e. The largest absolute Gasteiger partial charge is 0.468 e. The van der Waals surface area contributed by atoms with Crippen LogP contribution in [0.25, 0.3) is 0 Å². The van der Waals surface area contributed by atoms with Crippen LogP contribution in [-0.4, -0.2) is 17.5 Å². The van der Waals surface area contributed by atoms with Crippen molar-refractivity contribution in [2.24, 2.45) is 0 Å². The zero-order valence-corrected chi connectivity index (χ0v) is 12.9. The van der Waals surface area contributed by atoms with Gasteiger partial charge in [0, 0.05) is 31.2 Å². The van der Waals surface area contributed by atoms with Crippen LogP contribution in [0, 0.1) is 0 Å². The van der Waals surface area contributed by atoms with Gasteiger partial charge in [0.1, 0.15) is 5.76 Å². The molecule has 1 N–H and O–H groups in total. The Morgan fingerprint density at radius 2 is 2.00 bits per heavy atom. The van der Waals surface area contributed by atoms with Crippen LogP contribution in [0.5, 0.6) is 0 Å². The third-order valence-electron chi connectivity index (χ3n) is 4.11. The SMILES string of the molecule is CC(C)NCc1occc1CN1CCc2ccccc2C1. The van der Waals surface area contributed by atoms with Crippen LogP contribution in [0.2, 0.25) is 0 Å². The van der Waals surface area contributed by atoms with Gasteiger partial charge in [0.15, 0.2) is 0 Å². The molecule has 0 atom stereocenters. The minimum atomic E-state index is 0.477. The van der Waals surface area contributed by atoms with Crippen molar-refractivity contribution in [1.29, 1.82) is 0 Å². The van der Waals surface area contributed by atoms with E-state index in [-0.39, 0.29) is 0 Å².